The van der Waals surface area contributed by atoms with E-state index in [2.05, 4.69) is 25.2 Å². The number of nitriles is 1. The highest BCUT2D eigenvalue weighted by Crippen LogP contribution is 2.11. The highest BCUT2D eigenvalue weighted by molar-refractivity contribution is 5.03. The molecule has 0 aliphatic heterocycles. The van der Waals surface area contributed by atoms with E-state index < -0.39 is 0 Å². The molecule has 0 rings (SSSR count). The average molecular weight is 282 g/mol. The number of nitrogens with one attached hydrogen (secondary N) is 1. The van der Waals surface area contributed by atoms with Gasteiger partial charge in [0.05, 0.1) is 6.07 Å². The summed E-state index contributed by atoms with van der Waals surface area (Å²) in [5.74, 6) is 0. The van der Waals surface area contributed by atoms with E-state index in [0.717, 1.165) is 39.0 Å². The van der Waals surface area contributed by atoms with E-state index in [1.54, 1.807) is 0 Å². The summed E-state index contributed by atoms with van der Waals surface area (Å²) in [4.78, 5) is 0. The topological polar surface area (TPSA) is 45.0 Å². The molecule has 0 heterocycles. The molecule has 0 fully saturated rings. The summed E-state index contributed by atoms with van der Waals surface area (Å²) < 4.78 is 5.65. The molecule has 0 aromatic heterocycles. The van der Waals surface area contributed by atoms with Gasteiger partial charge < -0.3 is 4.74 Å². The van der Waals surface area contributed by atoms with Crippen LogP contribution < -0.4 is 5.32 Å². The van der Waals surface area contributed by atoms with Crippen molar-refractivity contribution >= 4 is 0 Å². The standard InChI is InChI=1S/C17H34N2O/c1-4-6-7-8-9-10-14-20-15-11-12-17(3,16-18)19-13-5-2/h19H,4-15H2,1-3H3. The molecular weight excluding hydrogens is 248 g/mol. The Hall–Kier alpha value is -0.590. The first-order valence-electron chi connectivity index (χ1n) is 8.42. The molecule has 0 spiro atoms. The van der Waals surface area contributed by atoms with Crippen LogP contribution in [0.25, 0.3) is 0 Å². The number of hydrogen-bond acceptors (Lipinski definition) is 3. The first kappa shape index (κ1) is 19.4. The molecule has 0 aromatic carbocycles. The third-order valence-electron chi connectivity index (χ3n) is 3.62. The zero-order valence-electron chi connectivity index (χ0n) is 13.8. The minimum Gasteiger partial charge on any atom is -0.381 e. The second-order valence-electron chi connectivity index (χ2n) is 5.85. The monoisotopic (exact) mass is 282 g/mol. The number of ether oxygens (including phenoxy) is 1. The van der Waals surface area contributed by atoms with Crippen LogP contribution in [0.5, 0.6) is 0 Å². The quantitative estimate of drug-likeness (QED) is 0.479. The molecule has 1 atom stereocenters. The molecule has 1 unspecified atom stereocenters. The van der Waals surface area contributed by atoms with Crippen molar-refractivity contribution in [3.05, 3.63) is 0 Å². The van der Waals surface area contributed by atoms with Crippen LogP contribution in [0.2, 0.25) is 0 Å². The first-order valence-corrected chi connectivity index (χ1v) is 8.42. The smallest absolute Gasteiger partial charge is 0.104 e. The van der Waals surface area contributed by atoms with E-state index in [4.69, 9.17) is 4.74 Å². The average Bonchev–Trinajstić information content (AvgIpc) is 2.47. The van der Waals surface area contributed by atoms with Gasteiger partial charge in [0.2, 0.25) is 0 Å². The highest BCUT2D eigenvalue weighted by atomic mass is 16.5. The van der Waals surface area contributed by atoms with Gasteiger partial charge in [-0.2, -0.15) is 5.26 Å². The maximum Gasteiger partial charge on any atom is 0.104 e. The summed E-state index contributed by atoms with van der Waals surface area (Å²) >= 11 is 0. The van der Waals surface area contributed by atoms with Gasteiger partial charge in [-0.3, -0.25) is 5.32 Å². The molecule has 0 aliphatic rings. The van der Waals surface area contributed by atoms with Crippen molar-refractivity contribution in [2.45, 2.75) is 84.1 Å². The van der Waals surface area contributed by atoms with E-state index in [-0.39, 0.29) is 5.54 Å². The molecular formula is C17H34N2O. The Labute approximate surface area is 126 Å². The molecule has 0 amide bonds. The molecule has 0 aliphatic carbocycles. The summed E-state index contributed by atoms with van der Waals surface area (Å²) in [5.41, 5.74) is -0.389. The number of hydrogen-bond donors (Lipinski definition) is 1. The van der Waals surface area contributed by atoms with Crippen molar-refractivity contribution in [2.75, 3.05) is 19.8 Å². The minimum absolute atomic E-state index is 0.389. The van der Waals surface area contributed by atoms with Crippen LogP contribution in [0.4, 0.5) is 0 Å². The van der Waals surface area contributed by atoms with Gasteiger partial charge in [0.1, 0.15) is 5.54 Å². The summed E-state index contributed by atoms with van der Waals surface area (Å²) in [6, 6.07) is 2.38. The van der Waals surface area contributed by atoms with Crippen molar-refractivity contribution in [3.8, 4) is 6.07 Å². The van der Waals surface area contributed by atoms with Crippen molar-refractivity contribution in [2.24, 2.45) is 0 Å². The molecule has 20 heavy (non-hydrogen) atoms. The molecule has 3 nitrogen and oxygen atoms in total. The summed E-state index contributed by atoms with van der Waals surface area (Å²) in [5, 5.41) is 12.5. The van der Waals surface area contributed by atoms with Gasteiger partial charge in [-0.15, -0.1) is 0 Å². The van der Waals surface area contributed by atoms with Crippen molar-refractivity contribution < 1.29 is 4.74 Å². The molecule has 1 N–H and O–H groups in total. The van der Waals surface area contributed by atoms with E-state index in [0.29, 0.717) is 0 Å². The Kier molecular flexibility index (Phi) is 13.0. The van der Waals surface area contributed by atoms with Crippen LogP contribution in [0.3, 0.4) is 0 Å². The van der Waals surface area contributed by atoms with Gasteiger partial charge in [-0.1, -0.05) is 46.0 Å². The Morgan fingerprint density at radius 2 is 1.60 bits per heavy atom. The molecule has 0 saturated heterocycles. The predicted octanol–water partition coefficient (Wildman–Crippen LogP) is 4.43. The highest BCUT2D eigenvalue weighted by Gasteiger charge is 2.21. The van der Waals surface area contributed by atoms with Crippen molar-refractivity contribution in [1.82, 2.24) is 5.32 Å². The third-order valence-corrected chi connectivity index (χ3v) is 3.62. The maximum absolute atomic E-state index is 9.20. The molecule has 0 bridgehead atoms. The largest absolute Gasteiger partial charge is 0.381 e. The van der Waals surface area contributed by atoms with Crippen LogP contribution in [0, 0.1) is 11.3 Å². The van der Waals surface area contributed by atoms with Gasteiger partial charge in [0.25, 0.3) is 0 Å². The molecule has 0 saturated carbocycles. The van der Waals surface area contributed by atoms with Gasteiger partial charge in [-0.25, -0.2) is 0 Å². The van der Waals surface area contributed by atoms with Gasteiger partial charge >= 0.3 is 0 Å². The lowest BCUT2D eigenvalue weighted by atomic mass is 9.98. The zero-order chi connectivity index (χ0) is 15.1. The van der Waals surface area contributed by atoms with Crippen molar-refractivity contribution in [3.63, 3.8) is 0 Å². The normalized spacial score (nSPS) is 13.9. The maximum atomic E-state index is 9.20. The Morgan fingerprint density at radius 3 is 2.25 bits per heavy atom. The van der Waals surface area contributed by atoms with Gasteiger partial charge in [0, 0.05) is 13.2 Å². The fourth-order valence-corrected chi connectivity index (χ4v) is 2.20. The Balaban J connectivity index is 3.40. The van der Waals surface area contributed by atoms with E-state index in [1.807, 2.05) is 6.92 Å². The lowest BCUT2D eigenvalue weighted by molar-refractivity contribution is 0.122. The van der Waals surface area contributed by atoms with Crippen LogP contribution in [0.15, 0.2) is 0 Å². The van der Waals surface area contributed by atoms with Crippen LogP contribution in [-0.4, -0.2) is 25.3 Å². The Morgan fingerprint density at radius 1 is 0.950 bits per heavy atom. The molecule has 3 heteroatoms. The number of unbranched alkanes of at least 4 members (excludes halogenated alkanes) is 5. The fourth-order valence-electron chi connectivity index (χ4n) is 2.20. The van der Waals surface area contributed by atoms with E-state index in [1.165, 1.54) is 38.5 Å². The lowest BCUT2D eigenvalue weighted by Crippen LogP contribution is -2.41. The molecule has 0 aromatic rings. The summed E-state index contributed by atoms with van der Waals surface area (Å²) in [7, 11) is 0. The third kappa shape index (κ3) is 11.3. The Bertz CT molecular complexity index is 250. The summed E-state index contributed by atoms with van der Waals surface area (Å²) in [6.07, 6.45) is 10.7. The van der Waals surface area contributed by atoms with Gasteiger partial charge in [-0.05, 0) is 39.2 Å². The van der Waals surface area contributed by atoms with Crippen LogP contribution >= 0.6 is 0 Å². The SMILES string of the molecule is CCCCCCCCOCCCC(C)(C#N)NCCC. The summed E-state index contributed by atoms with van der Waals surface area (Å²) in [6.45, 7) is 8.90. The second-order valence-corrected chi connectivity index (χ2v) is 5.85. The van der Waals surface area contributed by atoms with E-state index in [9.17, 15) is 5.26 Å². The number of rotatable bonds is 14. The van der Waals surface area contributed by atoms with Crippen LogP contribution in [0.1, 0.15) is 78.6 Å². The van der Waals surface area contributed by atoms with Gasteiger partial charge in [0.15, 0.2) is 0 Å². The second kappa shape index (κ2) is 13.4. The molecule has 0 radical (unpaired) electrons. The van der Waals surface area contributed by atoms with Crippen LogP contribution in [-0.2, 0) is 4.74 Å². The zero-order valence-corrected chi connectivity index (χ0v) is 13.8. The van der Waals surface area contributed by atoms with Crippen molar-refractivity contribution in [1.29, 1.82) is 5.26 Å². The predicted molar refractivity (Wildman–Crippen MR) is 85.7 cm³/mol. The minimum atomic E-state index is -0.389. The lowest BCUT2D eigenvalue weighted by Gasteiger charge is -2.22. The first-order chi connectivity index (χ1) is 9.68. The number of nitrogens with zero attached hydrogens (tertiary/aromatic N) is 1. The fraction of sp³-hybridized carbons (Fsp3) is 0.941. The van der Waals surface area contributed by atoms with E-state index >= 15 is 0 Å². The molecule has 118 valence electrons.